The van der Waals surface area contributed by atoms with Crippen molar-refractivity contribution >= 4 is 29.2 Å². The second-order valence-electron chi connectivity index (χ2n) is 6.22. The molecule has 1 heterocycles. The van der Waals surface area contributed by atoms with Crippen LogP contribution >= 0.6 is 11.6 Å². The van der Waals surface area contributed by atoms with Crippen LogP contribution in [0.2, 0.25) is 5.02 Å². The molecule has 27 heavy (non-hydrogen) atoms. The van der Waals surface area contributed by atoms with Gasteiger partial charge in [-0.2, -0.15) is 0 Å². The van der Waals surface area contributed by atoms with Crippen molar-refractivity contribution in [3.05, 3.63) is 75.2 Å². The molecule has 1 N–H and O–H groups in total. The molecule has 3 rings (SSSR count). The zero-order valence-electron chi connectivity index (χ0n) is 15.7. The molecule has 0 bridgehead atoms. The average Bonchev–Trinajstić information content (AvgIpc) is 2.96. The smallest absolute Gasteiger partial charge is 0.280 e. The van der Waals surface area contributed by atoms with Crippen LogP contribution in [-0.4, -0.2) is 29.1 Å². The van der Waals surface area contributed by atoms with E-state index in [1.165, 1.54) is 10.4 Å². The molecule has 0 fully saturated rings. The van der Waals surface area contributed by atoms with Gasteiger partial charge in [-0.25, -0.2) is 4.68 Å². The van der Waals surface area contributed by atoms with E-state index in [4.69, 9.17) is 11.6 Å². The normalized spacial score (nSPS) is 11.3. The Morgan fingerprint density at radius 3 is 2.48 bits per heavy atom. The van der Waals surface area contributed by atoms with Crippen molar-refractivity contribution in [3.63, 3.8) is 0 Å². The van der Waals surface area contributed by atoms with E-state index in [9.17, 15) is 4.79 Å². The van der Waals surface area contributed by atoms with E-state index in [0.717, 1.165) is 24.5 Å². The third-order valence-electron chi connectivity index (χ3n) is 4.50. The van der Waals surface area contributed by atoms with Crippen LogP contribution in [0.5, 0.6) is 0 Å². The number of aliphatic imine (C=N–C) groups is 1. The topological polar surface area (TPSA) is 53.4 Å². The van der Waals surface area contributed by atoms with Crippen LogP contribution < -0.4 is 10.5 Å². The Morgan fingerprint density at radius 2 is 1.85 bits per heavy atom. The lowest BCUT2D eigenvalue weighted by atomic mass is 10.2. The molecular weight excluding hydrogens is 360 g/mol. The Bertz CT molecular complexity index is 998. The van der Waals surface area contributed by atoms with Crippen molar-refractivity contribution in [1.82, 2.24) is 9.78 Å². The molecule has 2 aromatic carbocycles. The Balaban J connectivity index is 1.87. The van der Waals surface area contributed by atoms with Crippen molar-refractivity contribution in [2.45, 2.75) is 20.8 Å². The molecule has 0 atom stereocenters. The van der Waals surface area contributed by atoms with Gasteiger partial charge in [0.25, 0.3) is 5.56 Å². The Kier molecular flexibility index (Phi) is 5.81. The lowest BCUT2D eigenvalue weighted by Crippen LogP contribution is -2.21. The molecule has 0 aliphatic rings. The largest absolute Gasteiger partial charge is 0.372 e. The zero-order chi connectivity index (χ0) is 19.4. The summed E-state index contributed by atoms with van der Waals surface area (Å²) >= 11 is 6.03. The van der Waals surface area contributed by atoms with Crippen molar-refractivity contribution in [3.8, 4) is 5.69 Å². The fourth-order valence-electron chi connectivity index (χ4n) is 2.99. The Morgan fingerprint density at radius 1 is 1.15 bits per heavy atom. The number of H-pyrrole nitrogens is 1. The Hall–Kier alpha value is -2.79. The first-order valence-electron chi connectivity index (χ1n) is 9.00. The summed E-state index contributed by atoms with van der Waals surface area (Å²) in [6.45, 7) is 8.05. The summed E-state index contributed by atoms with van der Waals surface area (Å²) in [6.07, 6.45) is 1.61. The Labute approximate surface area is 163 Å². The number of hydrogen-bond acceptors (Lipinski definition) is 3. The minimum absolute atomic E-state index is 0.154. The van der Waals surface area contributed by atoms with Gasteiger partial charge in [-0.3, -0.25) is 14.9 Å². The average molecular weight is 383 g/mol. The molecule has 0 saturated heterocycles. The van der Waals surface area contributed by atoms with E-state index in [0.29, 0.717) is 16.3 Å². The standard InChI is InChI=1S/C21H23ClN4O/c1-4-25(5-2)18-11-9-17(10-12-18)23-14-20-15(3)24-26(21(20)27)19-8-6-7-16(22)13-19/h6-14,24H,4-5H2,1-3H3. The van der Waals surface area contributed by atoms with Gasteiger partial charge in [-0.1, -0.05) is 17.7 Å². The van der Waals surface area contributed by atoms with Crippen molar-refractivity contribution in [2.24, 2.45) is 4.99 Å². The fraction of sp³-hybridized carbons (Fsp3) is 0.238. The predicted molar refractivity (Wildman–Crippen MR) is 113 cm³/mol. The second-order valence-corrected chi connectivity index (χ2v) is 6.65. The predicted octanol–water partition coefficient (Wildman–Crippen LogP) is 4.72. The summed E-state index contributed by atoms with van der Waals surface area (Å²) < 4.78 is 1.48. The molecule has 140 valence electrons. The number of halogens is 1. The molecular formula is C21H23ClN4O. The first kappa shape index (κ1) is 19.0. The minimum Gasteiger partial charge on any atom is -0.372 e. The van der Waals surface area contributed by atoms with Crippen LogP contribution in [0.1, 0.15) is 25.1 Å². The summed E-state index contributed by atoms with van der Waals surface area (Å²) in [7, 11) is 0. The van der Waals surface area contributed by atoms with Gasteiger partial charge in [-0.15, -0.1) is 0 Å². The molecule has 6 heteroatoms. The summed E-state index contributed by atoms with van der Waals surface area (Å²) in [4.78, 5) is 19.5. The number of aryl methyl sites for hydroxylation is 1. The van der Waals surface area contributed by atoms with Crippen LogP contribution in [0.15, 0.2) is 58.3 Å². The van der Waals surface area contributed by atoms with Gasteiger partial charge < -0.3 is 4.90 Å². The van der Waals surface area contributed by atoms with Crippen molar-refractivity contribution < 1.29 is 0 Å². The van der Waals surface area contributed by atoms with E-state index < -0.39 is 0 Å². The molecule has 3 aromatic rings. The zero-order valence-corrected chi connectivity index (χ0v) is 16.5. The van der Waals surface area contributed by atoms with Gasteiger partial charge in [-0.05, 0) is 63.2 Å². The third kappa shape index (κ3) is 4.14. The molecule has 1 aromatic heterocycles. The molecule has 0 aliphatic carbocycles. The summed E-state index contributed by atoms with van der Waals surface area (Å²) in [5.74, 6) is 0. The van der Waals surface area contributed by atoms with Crippen LogP contribution in [0, 0.1) is 6.92 Å². The van der Waals surface area contributed by atoms with Crippen LogP contribution in [0.3, 0.4) is 0 Å². The van der Waals surface area contributed by atoms with E-state index in [-0.39, 0.29) is 5.56 Å². The summed E-state index contributed by atoms with van der Waals surface area (Å²) in [6, 6.07) is 15.2. The monoisotopic (exact) mass is 382 g/mol. The minimum atomic E-state index is -0.154. The highest BCUT2D eigenvalue weighted by atomic mass is 35.5. The lowest BCUT2D eigenvalue weighted by Gasteiger charge is -2.20. The molecule has 0 aliphatic heterocycles. The van der Waals surface area contributed by atoms with Crippen molar-refractivity contribution in [1.29, 1.82) is 0 Å². The van der Waals surface area contributed by atoms with Gasteiger partial charge >= 0.3 is 0 Å². The number of nitrogens with one attached hydrogen (secondary N) is 1. The number of nitrogens with zero attached hydrogens (tertiary/aromatic N) is 3. The maximum atomic E-state index is 12.7. The van der Waals surface area contributed by atoms with E-state index in [2.05, 4.69) is 28.8 Å². The first-order chi connectivity index (χ1) is 13.0. The van der Waals surface area contributed by atoms with Gasteiger partial charge in [0.2, 0.25) is 0 Å². The van der Waals surface area contributed by atoms with E-state index in [1.54, 1.807) is 18.3 Å². The van der Waals surface area contributed by atoms with Gasteiger partial charge in [0.1, 0.15) is 0 Å². The molecule has 0 radical (unpaired) electrons. The molecule has 0 amide bonds. The number of aromatic amines is 1. The SMILES string of the molecule is CCN(CC)c1ccc(N=Cc2c(C)[nH]n(-c3cccc(Cl)c3)c2=O)cc1. The number of anilines is 1. The summed E-state index contributed by atoms with van der Waals surface area (Å²) in [5, 5.41) is 3.66. The maximum absolute atomic E-state index is 12.7. The second kappa shape index (κ2) is 8.27. The number of benzene rings is 2. The maximum Gasteiger partial charge on any atom is 0.280 e. The van der Waals surface area contributed by atoms with Crippen LogP contribution in [0.25, 0.3) is 5.69 Å². The highest BCUT2D eigenvalue weighted by Gasteiger charge is 2.11. The highest BCUT2D eigenvalue weighted by molar-refractivity contribution is 6.30. The van der Waals surface area contributed by atoms with Crippen molar-refractivity contribution in [2.75, 3.05) is 18.0 Å². The molecule has 0 spiro atoms. The summed E-state index contributed by atoms with van der Waals surface area (Å²) in [5.41, 5.74) is 3.80. The van der Waals surface area contributed by atoms with E-state index in [1.807, 2.05) is 43.3 Å². The quantitative estimate of drug-likeness (QED) is 0.627. The number of rotatable bonds is 6. The van der Waals surface area contributed by atoms with Gasteiger partial charge in [0, 0.05) is 35.7 Å². The van der Waals surface area contributed by atoms with Crippen LogP contribution in [0.4, 0.5) is 11.4 Å². The highest BCUT2D eigenvalue weighted by Crippen LogP contribution is 2.20. The first-order valence-corrected chi connectivity index (χ1v) is 9.38. The lowest BCUT2D eigenvalue weighted by molar-refractivity contribution is 0.835. The fourth-order valence-corrected chi connectivity index (χ4v) is 3.17. The van der Waals surface area contributed by atoms with E-state index >= 15 is 0 Å². The van der Waals surface area contributed by atoms with Crippen LogP contribution in [-0.2, 0) is 0 Å². The number of aromatic nitrogens is 2. The molecule has 5 nitrogen and oxygen atoms in total. The van der Waals surface area contributed by atoms with Gasteiger partial charge in [0.15, 0.2) is 0 Å². The third-order valence-corrected chi connectivity index (χ3v) is 4.74. The number of hydrogen-bond donors (Lipinski definition) is 1. The molecule has 0 saturated carbocycles. The van der Waals surface area contributed by atoms with Gasteiger partial charge in [0.05, 0.1) is 16.9 Å². The molecule has 0 unspecified atom stereocenters.